The van der Waals surface area contributed by atoms with Crippen LogP contribution < -0.4 is 0 Å². The molecule has 18 heavy (non-hydrogen) atoms. The number of rotatable bonds is 1. The third-order valence-corrected chi connectivity index (χ3v) is 5.24. The minimum atomic E-state index is -0.0920. The average Bonchev–Trinajstić information content (AvgIpc) is 2.65. The van der Waals surface area contributed by atoms with Crippen LogP contribution in [0.15, 0.2) is 10.2 Å². The zero-order valence-corrected chi connectivity index (χ0v) is 12.9. The van der Waals surface area contributed by atoms with Crippen LogP contribution >= 0.6 is 23.1 Å². The second-order valence-electron chi connectivity index (χ2n) is 4.92. The summed E-state index contributed by atoms with van der Waals surface area (Å²) in [6, 6.07) is 0. The number of hydrogen-bond donors (Lipinski definition) is 0. The molecular formula is C12H13N2OS3-. The Hall–Kier alpha value is -0.430. The second kappa shape index (κ2) is 4.30. The summed E-state index contributed by atoms with van der Waals surface area (Å²) in [7, 11) is 0. The number of thiophene rings is 1. The highest BCUT2D eigenvalue weighted by Gasteiger charge is 2.29. The third kappa shape index (κ3) is 2.01. The van der Waals surface area contributed by atoms with E-state index >= 15 is 0 Å². The Bertz CT molecular complexity index is 621. The first-order valence-corrected chi connectivity index (χ1v) is 8.12. The number of ether oxygens (including phenoxy) is 1. The standard InChI is InChI=1S/C12H14N2OS3/c1-12(2)4-7-6(5-15-12)8-9(18-7)10(16)14-11(13-8)17-3/h4-5H2,1-3H3,(H,13,14,16)/p-1. The number of thioether (sulfide) groups is 1. The van der Waals surface area contributed by atoms with E-state index in [0.717, 1.165) is 21.8 Å². The fourth-order valence-corrected chi connectivity index (χ4v) is 4.19. The Labute approximate surface area is 120 Å². The molecule has 1 aliphatic heterocycles. The van der Waals surface area contributed by atoms with Gasteiger partial charge in [-0.25, -0.2) is 4.98 Å². The summed E-state index contributed by atoms with van der Waals surface area (Å²) >= 11 is 8.62. The molecule has 0 spiro atoms. The molecule has 0 atom stereocenters. The van der Waals surface area contributed by atoms with Crippen LogP contribution in [0, 0.1) is 0 Å². The maximum absolute atomic E-state index is 5.88. The van der Waals surface area contributed by atoms with E-state index in [-0.39, 0.29) is 5.60 Å². The molecule has 3 nitrogen and oxygen atoms in total. The molecule has 0 bridgehead atoms. The molecule has 0 unspecified atom stereocenters. The van der Waals surface area contributed by atoms with Crippen LogP contribution in [-0.4, -0.2) is 21.8 Å². The van der Waals surface area contributed by atoms with Crippen LogP contribution in [0.25, 0.3) is 10.2 Å². The average molecular weight is 297 g/mol. The maximum Gasteiger partial charge on any atom is 0.186 e. The molecule has 0 radical (unpaired) electrons. The van der Waals surface area contributed by atoms with Crippen LogP contribution in [0.2, 0.25) is 0 Å². The number of fused-ring (bicyclic) bond motifs is 3. The number of hydrogen-bond acceptors (Lipinski definition) is 6. The van der Waals surface area contributed by atoms with Crippen molar-refractivity contribution in [3.63, 3.8) is 0 Å². The van der Waals surface area contributed by atoms with E-state index in [4.69, 9.17) is 17.4 Å². The normalized spacial score (nSPS) is 17.9. The van der Waals surface area contributed by atoms with Crippen molar-refractivity contribution >= 4 is 45.9 Å². The highest BCUT2D eigenvalue weighted by atomic mass is 32.2. The van der Waals surface area contributed by atoms with E-state index in [9.17, 15) is 0 Å². The minimum absolute atomic E-state index is 0.0920. The van der Waals surface area contributed by atoms with Crippen LogP contribution in [-0.2, 0) is 30.4 Å². The van der Waals surface area contributed by atoms with Gasteiger partial charge in [-0.2, -0.15) is 0 Å². The molecular weight excluding hydrogens is 284 g/mol. The van der Waals surface area contributed by atoms with Gasteiger partial charge in [0.15, 0.2) is 5.16 Å². The first-order chi connectivity index (χ1) is 8.50. The second-order valence-corrected chi connectivity index (χ2v) is 7.19. The molecule has 6 heteroatoms. The van der Waals surface area contributed by atoms with E-state index in [1.54, 1.807) is 11.3 Å². The minimum Gasteiger partial charge on any atom is -0.759 e. The number of nitrogens with zero attached hydrogens (tertiary/aromatic N) is 2. The van der Waals surface area contributed by atoms with Gasteiger partial charge < -0.3 is 17.4 Å². The lowest BCUT2D eigenvalue weighted by Crippen LogP contribution is -2.30. The van der Waals surface area contributed by atoms with Crippen molar-refractivity contribution in [2.45, 2.75) is 42.7 Å². The maximum atomic E-state index is 5.88. The van der Waals surface area contributed by atoms with Crippen LogP contribution in [0.3, 0.4) is 0 Å². The van der Waals surface area contributed by atoms with Gasteiger partial charge in [-0.3, -0.25) is 4.98 Å². The molecule has 0 saturated heterocycles. The van der Waals surface area contributed by atoms with Crippen molar-refractivity contribution in [3.8, 4) is 0 Å². The van der Waals surface area contributed by atoms with Gasteiger partial charge >= 0.3 is 0 Å². The van der Waals surface area contributed by atoms with E-state index in [1.165, 1.54) is 22.2 Å². The molecule has 1 aliphatic rings. The van der Waals surface area contributed by atoms with E-state index in [2.05, 4.69) is 23.8 Å². The summed E-state index contributed by atoms with van der Waals surface area (Å²) in [6.45, 7) is 4.86. The zero-order valence-electron chi connectivity index (χ0n) is 10.4. The van der Waals surface area contributed by atoms with Gasteiger partial charge in [-0.1, -0.05) is 16.8 Å². The summed E-state index contributed by atoms with van der Waals surface area (Å²) in [5.41, 5.74) is 2.11. The third-order valence-electron chi connectivity index (χ3n) is 3.04. The smallest absolute Gasteiger partial charge is 0.186 e. The van der Waals surface area contributed by atoms with Gasteiger partial charge in [-0.05, 0) is 20.1 Å². The van der Waals surface area contributed by atoms with Crippen molar-refractivity contribution in [3.05, 3.63) is 10.4 Å². The number of aromatic nitrogens is 2. The monoisotopic (exact) mass is 297 g/mol. The van der Waals surface area contributed by atoms with Gasteiger partial charge in [0.2, 0.25) is 0 Å². The lowest BCUT2D eigenvalue weighted by molar-refractivity contribution is -0.0383. The van der Waals surface area contributed by atoms with Gasteiger partial charge in [0.1, 0.15) is 0 Å². The predicted molar refractivity (Wildman–Crippen MR) is 77.4 cm³/mol. The van der Waals surface area contributed by atoms with Gasteiger partial charge in [0.05, 0.1) is 22.4 Å². The Balaban J connectivity index is 2.22. The molecule has 3 rings (SSSR count). The molecule has 0 aromatic carbocycles. The van der Waals surface area contributed by atoms with Crippen molar-refractivity contribution in [2.75, 3.05) is 6.26 Å². The molecule has 0 aliphatic carbocycles. The molecule has 96 valence electrons. The highest BCUT2D eigenvalue weighted by molar-refractivity contribution is 7.98. The Morgan fingerprint density at radius 3 is 2.89 bits per heavy atom. The van der Waals surface area contributed by atoms with E-state index in [1.807, 2.05) is 6.26 Å². The first-order valence-electron chi connectivity index (χ1n) is 5.67. The molecule has 0 saturated carbocycles. The fourth-order valence-electron chi connectivity index (χ4n) is 2.11. The fraction of sp³-hybridized carbons (Fsp3) is 0.500. The largest absolute Gasteiger partial charge is 0.759 e. The highest BCUT2D eigenvalue weighted by Crippen LogP contribution is 2.39. The quantitative estimate of drug-likeness (QED) is 0.350. The Kier molecular flexibility index (Phi) is 3.01. The van der Waals surface area contributed by atoms with Crippen molar-refractivity contribution in [1.82, 2.24) is 9.97 Å². The topological polar surface area (TPSA) is 35.0 Å². The molecule has 3 heterocycles. The molecule has 2 aromatic heterocycles. The predicted octanol–water partition coefficient (Wildman–Crippen LogP) is 3.17. The van der Waals surface area contributed by atoms with Crippen molar-refractivity contribution in [2.24, 2.45) is 0 Å². The molecule has 0 fully saturated rings. The lowest BCUT2D eigenvalue weighted by atomic mass is 9.98. The summed E-state index contributed by atoms with van der Waals surface area (Å²) in [5.74, 6) is 0. The van der Waals surface area contributed by atoms with Crippen LogP contribution in [0.1, 0.15) is 24.3 Å². The van der Waals surface area contributed by atoms with E-state index < -0.39 is 0 Å². The Morgan fingerprint density at radius 1 is 1.39 bits per heavy atom. The van der Waals surface area contributed by atoms with Crippen molar-refractivity contribution < 1.29 is 4.74 Å². The summed E-state index contributed by atoms with van der Waals surface area (Å²) in [5, 5.41) is 1.42. The summed E-state index contributed by atoms with van der Waals surface area (Å²) < 4.78 is 6.91. The van der Waals surface area contributed by atoms with Crippen molar-refractivity contribution in [1.29, 1.82) is 0 Å². The van der Waals surface area contributed by atoms with Crippen LogP contribution in [0.4, 0.5) is 0 Å². The van der Waals surface area contributed by atoms with E-state index in [0.29, 0.717) is 11.6 Å². The van der Waals surface area contributed by atoms with Gasteiger partial charge in [0.25, 0.3) is 0 Å². The lowest BCUT2D eigenvalue weighted by Gasteiger charge is -2.29. The zero-order chi connectivity index (χ0) is 12.9. The summed E-state index contributed by atoms with van der Waals surface area (Å²) in [4.78, 5) is 10.3. The Morgan fingerprint density at radius 2 is 2.17 bits per heavy atom. The molecule has 0 amide bonds. The first kappa shape index (κ1) is 12.6. The van der Waals surface area contributed by atoms with Crippen LogP contribution in [0.5, 0.6) is 0 Å². The van der Waals surface area contributed by atoms with Gasteiger partial charge in [-0.15, -0.1) is 11.3 Å². The molecule has 0 N–H and O–H groups in total. The van der Waals surface area contributed by atoms with Gasteiger partial charge in [0, 0.05) is 16.9 Å². The summed E-state index contributed by atoms with van der Waals surface area (Å²) in [6.07, 6.45) is 2.89. The SMILES string of the molecule is CSc1nc([S-])c2sc3c(c2n1)COC(C)(C)C3. The molecule has 2 aromatic rings.